The Morgan fingerprint density at radius 3 is 2.47 bits per heavy atom. The molecule has 2 rings (SSSR count). The summed E-state index contributed by atoms with van der Waals surface area (Å²) in [5.74, 6) is 2.73. The second-order valence-corrected chi connectivity index (χ2v) is 5.93. The van der Waals surface area contributed by atoms with E-state index >= 15 is 0 Å². The van der Waals surface area contributed by atoms with Gasteiger partial charge in [0.1, 0.15) is 5.75 Å². The zero-order chi connectivity index (χ0) is 13.7. The largest absolute Gasteiger partial charge is 0.492 e. The maximum atomic E-state index is 5.68. The molecule has 0 amide bonds. The van der Waals surface area contributed by atoms with Crippen LogP contribution >= 0.6 is 0 Å². The third kappa shape index (κ3) is 3.89. The number of para-hydroxylation sites is 2. The van der Waals surface area contributed by atoms with Gasteiger partial charge in [-0.05, 0) is 56.6 Å². The Morgan fingerprint density at radius 1 is 1.16 bits per heavy atom. The van der Waals surface area contributed by atoms with Crippen molar-refractivity contribution >= 4 is 5.69 Å². The number of anilines is 1. The summed E-state index contributed by atoms with van der Waals surface area (Å²) in [5.41, 5.74) is 1.15. The molecule has 1 aliphatic carbocycles. The van der Waals surface area contributed by atoms with Gasteiger partial charge in [-0.1, -0.05) is 26.0 Å². The van der Waals surface area contributed by atoms with Gasteiger partial charge in [-0.3, -0.25) is 0 Å². The lowest BCUT2D eigenvalue weighted by Crippen LogP contribution is -2.28. The summed E-state index contributed by atoms with van der Waals surface area (Å²) < 4.78 is 5.68. The van der Waals surface area contributed by atoms with Gasteiger partial charge in [0, 0.05) is 6.04 Å². The molecule has 0 saturated heterocycles. The summed E-state index contributed by atoms with van der Waals surface area (Å²) in [6, 6.07) is 8.89. The van der Waals surface area contributed by atoms with E-state index in [2.05, 4.69) is 31.3 Å². The molecule has 2 nitrogen and oxygen atoms in total. The lowest BCUT2D eigenvalue weighted by Gasteiger charge is -2.32. The maximum Gasteiger partial charge on any atom is 0.142 e. The van der Waals surface area contributed by atoms with Gasteiger partial charge in [-0.25, -0.2) is 0 Å². The number of hydrogen-bond donors (Lipinski definition) is 1. The standard InChI is InChI=1S/C17H27NO/c1-4-19-17-8-6-5-7-16(17)18-15-11-9-14(10-12-15)13(2)3/h5-8,13-15,18H,4,9-12H2,1-3H3. The van der Waals surface area contributed by atoms with Gasteiger partial charge < -0.3 is 10.1 Å². The van der Waals surface area contributed by atoms with Gasteiger partial charge in [0.15, 0.2) is 0 Å². The Bertz CT molecular complexity index is 381. The van der Waals surface area contributed by atoms with Crippen LogP contribution in [0.3, 0.4) is 0 Å². The topological polar surface area (TPSA) is 21.3 Å². The molecule has 1 aliphatic rings. The highest BCUT2D eigenvalue weighted by molar-refractivity contribution is 5.56. The Kier molecular flexibility index (Phi) is 5.12. The van der Waals surface area contributed by atoms with E-state index in [0.29, 0.717) is 6.04 Å². The molecule has 19 heavy (non-hydrogen) atoms. The minimum Gasteiger partial charge on any atom is -0.492 e. The monoisotopic (exact) mass is 261 g/mol. The molecule has 0 radical (unpaired) electrons. The van der Waals surface area contributed by atoms with Crippen LogP contribution in [0.15, 0.2) is 24.3 Å². The van der Waals surface area contributed by atoms with Crippen LogP contribution in [-0.2, 0) is 0 Å². The number of rotatable bonds is 5. The van der Waals surface area contributed by atoms with Crippen molar-refractivity contribution in [2.45, 2.75) is 52.5 Å². The zero-order valence-electron chi connectivity index (χ0n) is 12.5. The highest BCUT2D eigenvalue weighted by atomic mass is 16.5. The van der Waals surface area contributed by atoms with Crippen molar-refractivity contribution in [3.63, 3.8) is 0 Å². The van der Waals surface area contributed by atoms with Gasteiger partial charge in [0.25, 0.3) is 0 Å². The molecule has 106 valence electrons. The van der Waals surface area contributed by atoms with Gasteiger partial charge in [-0.15, -0.1) is 0 Å². The summed E-state index contributed by atoms with van der Waals surface area (Å²) >= 11 is 0. The first-order valence-corrected chi connectivity index (χ1v) is 7.69. The predicted molar refractivity (Wildman–Crippen MR) is 81.8 cm³/mol. The van der Waals surface area contributed by atoms with Gasteiger partial charge in [0.05, 0.1) is 12.3 Å². The van der Waals surface area contributed by atoms with Crippen LogP contribution in [0.5, 0.6) is 5.75 Å². The van der Waals surface area contributed by atoms with Crippen molar-refractivity contribution in [2.75, 3.05) is 11.9 Å². The van der Waals surface area contributed by atoms with Crippen LogP contribution < -0.4 is 10.1 Å². The minimum atomic E-state index is 0.608. The molecule has 0 bridgehead atoms. The molecular weight excluding hydrogens is 234 g/mol. The summed E-state index contributed by atoms with van der Waals surface area (Å²) in [4.78, 5) is 0. The van der Waals surface area contributed by atoms with Crippen molar-refractivity contribution in [1.82, 2.24) is 0 Å². The smallest absolute Gasteiger partial charge is 0.142 e. The van der Waals surface area contributed by atoms with E-state index in [0.717, 1.165) is 29.9 Å². The lowest BCUT2D eigenvalue weighted by molar-refractivity contribution is 0.266. The summed E-state index contributed by atoms with van der Waals surface area (Å²) in [6.45, 7) is 7.45. The first-order chi connectivity index (χ1) is 9.20. The van der Waals surface area contributed by atoms with Gasteiger partial charge in [0.2, 0.25) is 0 Å². The molecule has 0 atom stereocenters. The van der Waals surface area contributed by atoms with Crippen molar-refractivity contribution in [3.8, 4) is 5.75 Å². The van der Waals surface area contributed by atoms with Crippen LogP contribution in [0, 0.1) is 11.8 Å². The van der Waals surface area contributed by atoms with Gasteiger partial charge >= 0.3 is 0 Å². The highest BCUT2D eigenvalue weighted by Gasteiger charge is 2.23. The Hall–Kier alpha value is -1.18. The molecule has 1 fully saturated rings. The van der Waals surface area contributed by atoms with Crippen LogP contribution in [0.25, 0.3) is 0 Å². The minimum absolute atomic E-state index is 0.608. The zero-order valence-corrected chi connectivity index (χ0v) is 12.5. The number of nitrogens with one attached hydrogen (secondary N) is 1. The summed E-state index contributed by atoms with van der Waals surface area (Å²) in [5, 5.41) is 3.67. The molecule has 0 aliphatic heterocycles. The molecule has 0 aromatic heterocycles. The number of benzene rings is 1. The molecule has 2 heteroatoms. The normalized spacial score (nSPS) is 23.4. The van der Waals surface area contributed by atoms with Crippen LogP contribution in [0.1, 0.15) is 46.5 Å². The summed E-state index contributed by atoms with van der Waals surface area (Å²) in [6.07, 6.45) is 5.27. The quantitative estimate of drug-likeness (QED) is 0.828. The Balaban J connectivity index is 1.92. The van der Waals surface area contributed by atoms with Crippen LogP contribution in [0.2, 0.25) is 0 Å². The van der Waals surface area contributed by atoms with E-state index < -0.39 is 0 Å². The predicted octanol–water partition coefficient (Wildman–Crippen LogP) is 4.71. The van der Waals surface area contributed by atoms with E-state index in [4.69, 9.17) is 4.74 Å². The van der Waals surface area contributed by atoms with E-state index in [1.807, 2.05) is 19.1 Å². The molecule has 1 N–H and O–H groups in total. The molecule has 0 spiro atoms. The molecule has 1 aromatic carbocycles. The first kappa shape index (κ1) is 14.2. The van der Waals surface area contributed by atoms with E-state index in [1.165, 1.54) is 25.7 Å². The van der Waals surface area contributed by atoms with Crippen molar-refractivity contribution in [3.05, 3.63) is 24.3 Å². The summed E-state index contributed by atoms with van der Waals surface area (Å²) in [7, 11) is 0. The second kappa shape index (κ2) is 6.83. The molecule has 0 unspecified atom stereocenters. The van der Waals surface area contributed by atoms with Gasteiger partial charge in [-0.2, -0.15) is 0 Å². The Morgan fingerprint density at radius 2 is 1.84 bits per heavy atom. The number of ether oxygens (including phenoxy) is 1. The fraction of sp³-hybridized carbons (Fsp3) is 0.647. The first-order valence-electron chi connectivity index (χ1n) is 7.69. The lowest BCUT2D eigenvalue weighted by atomic mass is 9.79. The van der Waals surface area contributed by atoms with Crippen LogP contribution in [-0.4, -0.2) is 12.6 Å². The van der Waals surface area contributed by atoms with Crippen molar-refractivity contribution in [1.29, 1.82) is 0 Å². The second-order valence-electron chi connectivity index (χ2n) is 5.93. The average molecular weight is 261 g/mol. The van der Waals surface area contributed by atoms with E-state index in [9.17, 15) is 0 Å². The maximum absolute atomic E-state index is 5.68. The fourth-order valence-electron chi connectivity index (χ4n) is 3.02. The SMILES string of the molecule is CCOc1ccccc1NC1CCC(C(C)C)CC1. The number of hydrogen-bond acceptors (Lipinski definition) is 2. The average Bonchev–Trinajstić information content (AvgIpc) is 2.42. The van der Waals surface area contributed by atoms with Crippen LogP contribution in [0.4, 0.5) is 5.69 Å². The molecule has 1 saturated carbocycles. The Labute approximate surface area is 117 Å². The van der Waals surface area contributed by atoms with Crippen molar-refractivity contribution in [2.24, 2.45) is 11.8 Å². The van der Waals surface area contributed by atoms with E-state index in [-0.39, 0.29) is 0 Å². The third-order valence-electron chi connectivity index (χ3n) is 4.26. The fourth-order valence-corrected chi connectivity index (χ4v) is 3.02. The third-order valence-corrected chi connectivity index (χ3v) is 4.26. The molecule has 1 aromatic rings. The van der Waals surface area contributed by atoms with Crippen molar-refractivity contribution < 1.29 is 4.74 Å². The van der Waals surface area contributed by atoms with E-state index in [1.54, 1.807) is 0 Å². The highest BCUT2D eigenvalue weighted by Crippen LogP contribution is 2.33. The molecule has 0 heterocycles. The molecular formula is C17H27NO.